The topological polar surface area (TPSA) is 24.9 Å². The first-order valence-electron chi connectivity index (χ1n) is 6.10. The van der Waals surface area contributed by atoms with Crippen LogP contribution in [0.1, 0.15) is 37.2 Å². The van der Waals surface area contributed by atoms with Gasteiger partial charge in [0.05, 0.1) is 5.69 Å². The standard InChI is InChI=1S/C15H17FN2/c1-11(13-7-3-4-8-14(13)16)18-12(2)15-9-5-6-10-17-15/h3-12,18H,1-2H3/t11?,12-/m0/s1. The van der Waals surface area contributed by atoms with Gasteiger partial charge in [0.25, 0.3) is 0 Å². The molecular weight excluding hydrogens is 227 g/mol. The third kappa shape index (κ3) is 2.93. The summed E-state index contributed by atoms with van der Waals surface area (Å²) >= 11 is 0. The van der Waals surface area contributed by atoms with E-state index in [1.165, 1.54) is 6.07 Å². The Morgan fingerprint density at radius 3 is 2.39 bits per heavy atom. The fourth-order valence-electron chi connectivity index (χ4n) is 2.01. The van der Waals surface area contributed by atoms with E-state index in [1.807, 2.05) is 38.1 Å². The summed E-state index contributed by atoms with van der Waals surface area (Å²) in [6.07, 6.45) is 1.77. The van der Waals surface area contributed by atoms with Crippen molar-refractivity contribution < 1.29 is 4.39 Å². The lowest BCUT2D eigenvalue weighted by Crippen LogP contribution is -2.23. The van der Waals surface area contributed by atoms with Gasteiger partial charge in [-0.1, -0.05) is 24.3 Å². The second kappa shape index (κ2) is 5.74. The molecule has 1 N–H and O–H groups in total. The number of rotatable bonds is 4. The molecule has 1 aromatic heterocycles. The predicted molar refractivity (Wildman–Crippen MR) is 70.6 cm³/mol. The van der Waals surface area contributed by atoms with Crippen molar-refractivity contribution in [2.45, 2.75) is 25.9 Å². The molecule has 0 aliphatic rings. The van der Waals surface area contributed by atoms with Crippen molar-refractivity contribution >= 4 is 0 Å². The fourth-order valence-corrected chi connectivity index (χ4v) is 2.01. The van der Waals surface area contributed by atoms with Crippen LogP contribution in [-0.4, -0.2) is 4.98 Å². The summed E-state index contributed by atoms with van der Waals surface area (Å²) in [5.41, 5.74) is 1.64. The summed E-state index contributed by atoms with van der Waals surface area (Å²) in [7, 11) is 0. The number of nitrogens with zero attached hydrogens (tertiary/aromatic N) is 1. The van der Waals surface area contributed by atoms with Gasteiger partial charge in [0.15, 0.2) is 0 Å². The van der Waals surface area contributed by atoms with Crippen LogP contribution in [0.4, 0.5) is 4.39 Å². The van der Waals surface area contributed by atoms with Gasteiger partial charge in [-0.05, 0) is 32.0 Å². The first-order chi connectivity index (χ1) is 8.68. The van der Waals surface area contributed by atoms with E-state index in [0.717, 1.165) is 5.69 Å². The lowest BCUT2D eigenvalue weighted by Gasteiger charge is -2.20. The molecule has 94 valence electrons. The molecule has 2 rings (SSSR count). The van der Waals surface area contributed by atoms with Crippen molar-refractivity contribution in [1.29, 1.82) is 0 Å². The highest BCUT2D eigenvalue weighted by atomic mass is 19.1. The first kappa shape index (κ1) is 12.7. The van der Waals surface area contributed by atoms with Crippen molar-refractivity contribution in [3.63, 3.8) is 0 Å². The van der Waals surface area contributed by atoms with E-state index in [-0.39, 0.29) is 17.9 Å². The van der Waals surface area contributed by atoms with Crippen LogP contribution in [0.3, 0.4) is 0 Å². The Bertz CT molecular complexity index is 499. The van der Waals surface area contributed by atoms with Crippen LogP contribution in [0.25, 0.3) is 0 Å². The number of hydrogen-bond acceptors (Lipinski definition) is 2. The molecular formula is C15H17FN2. The maximum Gasteiger partial charge on any atom is 0.127 e. The second-order valence-corrected chi connectivity index (χ2v) is 4.39. The van der Waals surface area contributed by atoms with Gasteiger partial charge < -0.3 is 5.32 Å². The fraction of sp³-hybridized carbons (Fsp3) is 0.267. The van der Waals surface area contributed by atoms with Crippen LogP contribution in [0.5, 0.6) is 0 Å². The molecule has 1 heterocycles. The summed E-state index contributed by atoms with van der Waals surface area (Å²) in [4.78, 5) is 4.29. The van der Waals surface area contributed by atoms with Crippen molar-refractivity contribution in [3.05, 3.63) is 65.7 Å². The lowest BCUT2D eigenvalue weighted by atomic mass is 10.1. The minimum absolute atomic E-state index is 0.0526. The maximum absolute atomic E-state index is 13.6. The molecule has 0 aliphatic heterocycles. The summed E-state index contributed by atoms with van der Waals surface area (Å²) in [5, 5.41) is 3.35. The third-order valence-corrected chi connectivity index (χ3v) is 3.00. The Kier molecular flexibility index (Phi) is 4.05. The number of pyridine rings is 1. The monoisotopic (exact) mass is 244 g/mol. The van der Waals surface area contributed by atoms with Crippen molar-refractivity contribution in [3.8, 4) is 0 Å². The van der Waals surface area contributed by atoms with Crippen LogP contribution >= 0.6 is 0 Å². The van der Waals surface area contributed by atoms with E-state index in [9.17, 15) is 4.39 Å². The molecule has 1 unspecified atom stereocenters. The van der Waals surface area contributed by atoms with E-state index in [1.54, 1.807) is 18.3 Å². The average Bonchev–Trinajstić information content (AvgIpc) is 2.40. The highest BCUT2D eigenvalue weighted by Crippen LogP contribution is 2.20. The Morgan fingerprint density at radius 2 is 1.72 bits per heavy atom. The quantitative estimate of drug-likeness (QED) is 0.888. The molecule has 0 amide bonds. The zero-order valence-electron chi connectivity index (χ0n) is 10.6. The number of halogens is 1. The van der Waals surface area contributed by atoms with Gasteiger partial charge in [-0.25, -0.2) is 4.39 Å². The molecule has 2 aromatic rings. The van der Waals surface area contributed by atoms with Gasteiger partial charge in [0.1, 0.15) is 5.82 Å². The third-order valence-electron chi connectivity index (χ3n) is 3.00. The molecule has 0 saturated carbocycles. The highest BCUT2D eigenvalue weighted by molar-refractivity contribution is 5.21. The zero-order valence-corrected chi connectivity index (χ0v) is 10.6. The van der Waals surface area contributed by atoms with E-state index >= 15 is 0 Å². The number of nitrogens with one attached hydrogen (secondary N) is 1. The lowest BCUT2D eigenvalue weighted by molar-refractivity contribution is 0.467. The average molecular weight is 244 g/mol. The Labute approximate surface area is 107 Å². The van der Waals surface area contributed by atoms with Crippen molar-refractivity contribution in [1.82, 2.24) is 10.3 Å². The molecule has 2 atom stereocenters. The molecule has 1 aromatic carbocycles. The van der Waals surface area contributed by atoms with Crippen LogP contribution in [0, 0.1) is 5.82 Å². The molecule has 0 saturated heterocycles. The predicted octanol–water partition coefficient (Wildman–Crippen LogP) is 3.63. The summed E-state index contributed by atoms with van der Waals surface area (Å²) in [6.45, 7) is 3.98. The first-order valence-corrected chi connectivity index (χ1v) is 6.10. The molecule has 3 heteroatoms. The summed E-state index contributed by atoms with van der Waals surface area (Å²) < 4.78 is 13.6. The van der Waals surface area contributed by atoms with E-state index < -0.39 is 0 Å². The van der Waals surface area contributed by atoms with Gasteiger partial charge >= 0.3 is 0 Å². The Hall–Kier alpha value is -1.74. The van der Waals surface area contributed by atoms with Crippen LogP contribution in [0.15, 0.2) is 48.7 Å². The Balaban J connectivity index is 2.08. The highest BCUT2D eigenvalue weighted by Gasteiger charge is 2.14. The van der Waals surface area contributed by atoms with Crippen molar-refractivity contribution in [2.75, 3.05) is 0 Å². The summed E-state index contributed by atoms with van der Waals surface area (Å²) in [6, 6.07) is 12.7. The molecule has 0 bridgehead atoms. The minimum Gasteiger partial charge on any atom is -0.302 e. The smallest absolute Gasteiger partial charge is 0.127 e. The van der Waals surface area contributed by atoms with Crippen LogP contribution in [-0.2, 0) is 0 Å². The second-order valence-electron chi connectivity index (χ2n) is 4.39. The molecule has 0 radical (unpaired) electrons. The molecule has 0 fully saturated rings. The van der Waals surface area contributed by atoms with Gasteiger partial charge in [-0.3, -0.25) is 4.98 Å². The van der Waals surface area contributed by atoms with Gasteiger partial charge in [0.2, 0.25) is 0 Å². The number of benzene rings is 1. The van der Waals surface area contributed by atoms with Crippen LogP contribution < -0.4 is 5.32 Å². The summed E-state index contributed by atoms with van der Waals surface area (Å²) in [5.74, 6) is -0.175. The SMILES string of the molecule is CC(N[C@@H](C)c1ccccn1)c1ccccc1F. The molecule has 2 nitrogen and oxygen atoms in total. The molecule has 0 spiro atoms. The van der Waals surface area contributed by atoms with E-state index in [2.05, 4.69) is 10.3 Å². The van der Waals surface area contributed by atoms with E-state index in [4.69, 9.17) is 0 Å². The van der Waals surface area contributed by atoms with E-state index in [0.29, 0.717) is 5.56 Å². The number of aromatic nitrogens is 1. The largest absolute Gasteiger partial charge is 0.302 e. The van der Waals surface area contributed by atoms with Gasteiger partial charge in [0, 0.05) is 23.8 Å². The minimum atomic E-state index is -0.175. The van der Waals surface area contributed by atoms with Crippen LogP contribution in [0.2, 0.25) is 0 Å². The zero-order chi connectivity index (χ0) is 13.0. The van der Waals surface area contributed by atoms with Gasteiger partial charge in [-0.15, -0.1) is 0 Å². The molecule has 18 heavy (non-hydrogen) atoms. The van der Waals surface area contributed by atoms with Crippen molar-refractivity contribution in [2.24, 2.45) is 0 Å². The normalized spacial score (nSPS) is 14.2. The Morgan fingerprint density at radius 1 is 1.00 bits per heavy atom. The van der Waals surface area contributed by atoms with Gasteiger partial charge in [-0.2, -0.15) is 0 Å². The number of hydrogen-bond donors (Lipinski definition) is 1. The maximum atomic E-state index is 13.6. The molecule has 0 aliphatic carbocycles.